The second kappa shape index (κ2) is 5.96. The molecule has 2 heterocycles. The molecule has 0 spiro atoms. The smallest absolute Gasteiger partial charge is 0.329 e. The molecule has 3 rings (SSSR count). The largest absolute Gasteiger partial charge is 0.384 e. The van der Waals surface area contributed by atoms with Gasteiger partial charge in [-0.15, -0.1) is 10.2 Å². The SMILES string of the molecule is Cn1c(Sc2c(N)n(C)c(=O)[nH]c2=O)nnc1-c1ccc(F)cc1. The van der Waals surface area contributed by atoms with E-state index < -0.39 is 11.2 Å². The molecule has 0 unspecified atom stereocenters. The first-order chi connectivity index (χ1) is 11.4. The fourth-order valence-electron chi connectivity index (χ4n) is 2.06. The molecule has 3 aromatic rings. The lowest BCUT2D eigenvalue weighted by Gasteiger charge is -2.08. The maximum atomic E-state index is 13.0. The number of nitrogens with one attached hydrogen (secondary N) is 1. The van der Waals surface area contributed by atoms with Crippen molar-refractivity contribution in [3.8, 4) is 11.4 Å². The summed E-state index contributed by atoms with van der Waals surface area (Å²) in [7, 11) is 3.17. The number of anilines is 1. The highest BCUT2D eigenvalue weighted by molar-refractivity contribution is 7.99. The summed E-state index contributed by atoms with van der Waals surface area (Å²) in [5, 5.41) is 8.50. The van der Waals surface area contributed by atoms with Crippen LogP contribution in [0.5, 0.6) is 0 Å². The zero-order valence-corrected chi connectivity index (χ0v) is 13.6. The Morgan fingerprint density at radius 1 is 1.12 bits per heavy atom. The molecule has 0 amide bonds. The quantitative estimate of drug-likeness (QED) is 0.722. The van der Waals surface area contributed by atoms with Crippen molar-refractivity contribution in [2.24, 2.45) is 14.1 Å². The van der Waals surface area contributed by atoms with Crippen molar-refractivity contribution >= 4 is 17.6 Å². The molecule has 3 N–H and O–H groups in total. The van der Waals surface area contributed by atoms with E-state index in [1.165, 1.54) is 19.2 Å². The molecule has 0 saturated carbocycles. The number of H-pyrrole nitrogens is 1. The predicted molar refractivity (Wildman–Crippen MR) is 87.2 cm³/mol. The predicted octanol–water partition coefficient (Wildman–Crippen LogP) is 0.742. The number of nitrogens with zero attached hydrogens (tertiary/aromatic N) is 4. The van der Waals surface area contributed by atoms with E-state index in [4.69, 9.17) is 5.73 Å². The molecule has 0 fully saturated rings. The molecule has 24 heavy (non-hydrogen) atoms. The van der Waals surface area contributed by atoms with Crippen LogP contribution >= 0.6 is 11.8 Å². The second-order valence-electron chi connectivity index (χ2n) is 5.01. The number of benzene rings is 1. The molecule has 124 valence electrons. The van der Waals surface area contributed by atoms with E-state index in [9.17, 15) is 14.0 Å². The molecule has 0 bridgehead atoms. The summed E-state index contributed by atoms with van der Waals surface area (Å²) >= 11 is 0.996. The first-order valence-electron chi connectivity index (χ1n) is 6.80. The monoisotopic (exact) mass is 348 g/mol. The Morgan fingerprint density at radius 2 is 1.79 bits per heavy atom. The fourth-order valence-corrected chi connectivity index (χ4v) is 2.93. The second-order valence-corrected chi connectivity index (χ2v) is 5.98. The van der Waals surface area contributed by atoms with Crippen LogP contribution in [-0.2, 0) is 14.1 Å². The maximum absolute atomic E-state index is 13.0. The highest BCUT2D eigenvalue weighted by Crippen LogP contribution is 2.29. The summed E-state index contributed by atoms with van der Waals surface area (Å²) in [4.78, 5) is 25.8. The van der Waals surface area contributed by atoms with Crippen LogP contribution in [-0.4, -0.2) is 24.3 Å². The van der Waals surface area contributed by atoms with Crippen LogP contribution in [0, 0.1) is 5.82 Å². The minimum absolute atomic E-state index is 0.0417. The van der Waals surface area contributed by atoms with E-state index in [1.807, 2.05) is 0 Å². The number of rotatable bonds is 3. The standard InChI is InChI=1S/C14H13FN6O2S/c1-20-10(16)9(12(22)17-13(20)23)24-14-19-18-11(21(14)2)7-3-5-8(15)6-4-7/h3-6H,16H2,1-2H3,(H,17,22,23). The Morgan fingerprint density at radius 3 is 2.46 bits per heavy atom. The van der Waals surface area contributed by atoms with Gasteiger partial charge in [-0.1, -0.05) is 0 Å². The van der Waals surface area contributed by atoms with Gasteiger partial charge >= 0.3 is 5.69 Å². The first-order valence-corrected chi connectivity index (χ1v) is 7.62. The lowest BCUT2D eigenvalue weighted by Crippen LogP contribution is -2.31. The lowest BCUT2D eigenvalue weighted by molar-refractivity contribution is 0.628. The van der Waals surface area contributed by atoms with Crippen molar-refractivity contribution in [2.45, 2.75) is 10.1 Å². The third-order valence-corrected chi connectivity index (χ3v) is 4.59. The zero-order valence-electron chi connectivity index (χ0n) is 12.8. The Hall–Kier alpha value is -2.88. The Bertz CT molecular complexity index is 1020. The number of nitrogens with two attached hydrogens (primary N) is 1. The van der Waals surface area contributed by atoms with E-state index >= 15 is 0 Å². The summed E-state index contributed by atoms with van der Waals surface area (Å²) in [6.45, 7) is 0. The van der Waals surface area contributed by atoms with Gasteiger partial charge in [-0.3, -0.25) is 14.3 Å². The molecule has 1 aromatic carbocycles. The molecular weight excluding hydrogens is 335 g/mol. The van der Waals surface area contributed by atoms with Gasteiger partial charge in [-0.25, -0.2) is 9.18 Å². The molecule has 0 aliphatic rings. The molecule has 2 aromatic heterocycles. The van der Waals surface area contributed by atoms with Crippen LogP contribution < -0.4 is 17.0 Å². The van der Waals surface area contributed by atoms with E-state index in [-0.39, 0.29) is 16.5 Å². The van der Waals surface area contributed by atoms with Gasteiger partial charge in [0, 0.05) is 19.7 Å². The third kappa shape index (κ3) is 2.71. The van der Waals surface area contributed by atoms with Crippen LogP contribution in [0.25, 0.3) is 11.4 Å². The number of hydrogen-bond acceptors (Lipinski definition) is 6. The van der Waals surface area contributed by atoms with Gasteiger partial charge in [0.15, 0.2) is 11.0 Å². The summed E-state index contributed by atoms with van der Waals surface area (Å²) in [5.74, 6) is 0.206. The average molecular weight is 348 g/mol. The van der Waals surface area contributed by atoms with Gasteiger partial charge in [-0.05, 0) is 36.0 Å². The minimum atomic E-state index is -0.591. The number of nitrogen functional groups attached to an aromatic ring is 1. The van der Waals surface area contributed by atoms with Gasteiger partial charge < -0.3 is 10.3 Å². The summed E-state index contributed by atoms with van der Waals surface area (Å²) < 4.78 is 15.8. The van der Waals surface area contributed by atoms with Crippen LogP contribution in [0.1, 0.15) is 0 Å². The summed E-state index contributed by atoms with van der Waals surface area (Å²) in [6.07, 6.45) is 0. The van der Waals surface area contributed by atoms with E-state index in [2.05, 4.69) is 15.2 Å². The molecule has 0 radical (unpaired) electrons. The van der Waals surface area contributed by atoms with E-state index in [0.29, 0.717) is 16.5 Å². The summed E-state index contributed by atoms with van der Waals surface area (Å²) in [6, 6.07) is 5.82. The molecule has 10 heteroatoms. The van der Waals surface area contributed by atoms with Crippen molar-refractivity contribution in [2.75, 3.05) is 5.73 Å². The molecule has 0 atom stereocenters. The van der Waals surface area contributed by atoms with Crippen molar-refractivity contribution in [1.82, 2.24) is 24.3 Å². The van der Waals surface area contributed by atoms with E-state index in [0.717, 1.165) is 16.3 Å². The van der Waals surface area contributed by atoms with Crippen molar-refractivity contribution in [3.63, 3.8) is 0 Å². The van der Waals surface area contributed by atoms with Gasteiger partial charge in [-0.2, -0.15) is 0 Å². The molecule has 8 nitrogen and oxygen atoms in total. The van der Waals surface area contributed by atoms with Crippen molar-refractivity contribution in [1.29, 1.82) is 0 Å². The van der Waals surface area contributed by atoms with Gasteiger partial charge in [0.05, 0.1) is 0 Å². The minimum Gasteiger partial charge on any atom is -0.384 e. The molecule has 0 aliphatic carbocycles. The van der Waals surface area contributed by atoms with Crippen LogP contribution in [0.15, 0.2) is 43.9 Å². The van der Waals surface area contributed by atoms with Crippen molar-refractivity contribution < 1.29 is 4.39 Å². The normalized spacial score (nSPS) is 11.0. The zero-order chi connectivity index (χ0) is 17.4. The van der Waals surface area contributed by atoms with Gasteiger partial charge in [0.2, 0.25) is 0 Å². The highest BCUT2D eigenvalue weighted by atomic mass is 32.2. The molecular formula is C14H13FN6O2S. The van der Waals surface area contributed by atoms with E-state index in [1.54, 1.807) is 23.7 Å². The lowest BCUT2D eigenvalue weighted by atomic mass is 10.2. The first kappa shape index (κ1) is 16.0. The Labute approximate surface area is 139 Å². The average Bonchev–Trinajstić information content (AvgIpc) is 2.91. The third-order valence-electron chi connectivity index (χ3n) is 3.46. The fraction of sp³-hybridized carbons (Fsp3) is 0.143. The number of halogens is 1. The van der Waals surface area contributed by atoms with Crippen LogP contribution in [0.3, 0.4) is 0 Å². The Kier molecular flexibility index (Phi) is 3.97. The molecule has 0 aliphatic heterocycles. The van der Waals surface area contributed by atoms with Gasteiger partial charge in [0.1, 0.15) is 16.5 Å². The summed E-state index contributed by atoms with van der Waals surface area (Å²) in [5.41, 5.74) is 5.34. The van der Waals surface area contributed by atoms with Crippen LogP contribution in [0.4, 0.5) is 10.2 Å². The van der Waals surface area contributed by atoms with Crippen LogP contribution in [0.2, 0.25) is 0 Å². The number of aromatic nitrogens is 5. The van der Waals surface area contributed by atoms with Gasteiger partial charge in [0.25, 0.3) is 5.56 Å². The topological polar surface area (TPSA) is 112 Å². The molecule has 0 saturated heterocycles. The highest BCUT2D eigenvalue weighted by Gasteiger charge is 2.17. The maximum Gasteiger partial charge on any atom is 0.329 e. The Balaban J connectivity index is 2.02. The number of hydrogen-bond donors (Lipinski definition) is 2. The van der Waals surface area contributed by atoms with Crippen molar-refractivity contribution in [3.05, 3.63) is 50.9 Å². The number of aromatic amines is 1.